The Morgan fingerprint density at radius 2 is 1.81 bits per heavy atom. The van der Waals surface area contributed by atoms with E-state index in [9.17, 15) is 22.8 Å². The summed E-state index contributed by atoms with van der Waals surface area (Å²) in [4.78, 5) is 29.4. The summed E-state index contributed by atoms with van der Waals surface area (Å²) in [6, 6.07) is 9.15. The van der Waals surface area contributed by atoms with Gasteiger partial charge in [-0.05, 0) is 55.2 Å². The first-order valence-electron chi connectivity index (χ1n) is 12.0. The highest BCUT2D eigenvalue weighted by molar-refractivity contribution is 5.94. The Hall–Kier alpha value is -3.56. The summed E-state index contributed by atoms with van der Waals surface area (Å²) < 4.78 is 41.0. The number of imidazole rings is 1. The van der Waals surface area contributed by atoms with Crippen LogP contribution in [-0.4, -0.2) is 44.9 Å². The van der Waals surface area contributed by atoms with Crippen LogP contribution in [0.3, 0.4) is 0 Å². The first kappa shape index (κ1) is 25.5. The van der Waals surface area contributed by atoms with E-state index in [1.807, 2.05) is 0 Å². The van der Waals surface area contributed by atoms with E-state index in [0.717, 1.165) is 50.1 Å². The Balaban J connectivity index is 1.56. The second kappa shape index (κ2) is 10.6. The summed E-state index contributed by atoms with van der Waals surface area (Å²) in [5.74, 6) is -0.966. The molecule has 0 spiro atoms. The molecule has 192 valence electrons. The van der Waals surface area contributed by atoms with Crippen LogP contribution >= 0.6 is 0 Å². The molecule has 1 atom stereocenters. The molecular formula is C26H29F3N4O3. The third-order valence-corrected chi connectivity index (χ3v) is 6.70. The van der Waals surface area contributed by atoms with E-state index in [1.54, 1.807) is 37.5 Å². The zero-order valence-electron chi connectivity index (χ0n) is 20.0. The maximum Gasteiger partial charge on any atom is 0.417 e. The summed E-state index contributed by atoms with van der Waals surface area (Å²) in [5.41, 5.74) is 1.61. The molecule has 36 heavy (non-hydrogen) atoms. The first-order chi connectivity index (χ1) is 17.1. The molecule has 10 heteroatoms. The monoisotopic (exact) mass is 502 g/mol. The van der Waals surface area contributed by atoms with Crippen LogP contribution in [0.2, 0.25) is 0 Å². The minimum absolute atomic E-state index is 0.113. The Morgan fingerprint density at radius 3 is 2.44 bits per heavy atom. The Bertz CT molecular complexity index is 1220. The summed E-state index contributed by atoms with van der Waals surface area (Å²) in [5, 5.41) is 12.3. The summed E-state index contributed by atoms with van der Waals surface area (Å²) in [6.07, 6.45) is 3.48. The number of hydrogen-bond acceptors (Lipinski definition) is 4. The van der Waals surface area contributed by atoms with E-state index < -0.39 is 17.7 Å². The third-order valence-electron chi connectivity index (χ3n) is 6.70. The van der Waals surface area contributed by atoms with Gasteiger partial charge < -0.3 is 19.7 Å². The number of rotatable bonds is 8. The molecule has 7 nitrogen and oxygen atoms in total. The van der Waals surface area contributed by atoms with Gasteiger partial charge in [-0.3, -0.25) is 9.59 Å². The Labute approximate surface area is 206 Å². The number of anilines is 1. The molecule has 0 saturated heterocycles. The van der Waals surface area contributed by atoms with Crippen LogP contribution in [0.1, 0.15) is 66.2 Å². The normalized spacial score (nSPS) is 15.6. The number of carbonyl (C=O) groups excluding carboxylic acids is 1. The number of nitrogens with one attached hydrogen (secondary N) is 1. The van der Waals surface area contributed by atoms with Crippen molar-refractivity contribution in [3.63, 3.8) is 0 Å². The molecule has 2 N–H and O–H groups in total. The number of amides is 1. The molecule has 1 unspecified atom stereocenters. The van der Waals surface area contributed by atoms with Crippen molar-refractivity contribution in [2.24, 2.45) is 5.92 Å². The maximum absolute atomic E-state index is 13.2. The molecule has 1 fully saturated rings. The summed E-state index contributed by atoms with van der Waals surface area (Å²) in [7, 11) is 1.56. The van der Waals surface area contributed by atoms with Gasteiger partial charge in [-0.1, -0.05) is 19.3 Å². The standard InChI is InChI=1S/C26H29F3N4O3/c1-32(14-13-23(34)35)25(36)18-7-10-20(11-8-18)30-24(17-5-3-2-4-6-17)21-16-33-15-19(26(27,28)29)9-12-22(33)31-21/h7-12,15-17,24,30H,2-6,13-14H2,1H3,(H,34,35). The van der Waals surface area contributed by atoms with Crippen molar-refractivity contribution >= 4 is 23.2 Å². The predicted octanol–water partition coefficient (Wildman–Crippen LogP) is 5.63. The average Bonchev–Trinajstić information content (AvgIpc) is 3.29. The molecule has 1 aliphatic rings. The van der Waals surface area contributed by atoms with Gasteiger partial charge in [-0.25, -0.2) is 4.98 Å². The van der Waals surface area contributed by atoms with E-state index in [0.29, 0.717) is 16.9 Å². The zero-order valence-corrected chi connectivity index (χ0v) is 20.0. The van der Waals surface area contributed by atoms with E-state index in [2.05, 4.69) is 10.3 Å². The van der Waals surface area contributed by atoms with Gasteiger partial charge in [0.05, 0.1) is 23.7 Å². The number of hydrogen-bond donors (Lipinski definition) is 2. The van der Waals surface area contributed by atoms with Crippen LogP contribution in [0.4, 0.5) is 18.9 Å². The van der Waals surface area contributed by atoms with Gasteiger partial charge in [0.25, 0.3) is 5.91 Å². The topological polar surface area (TPSA) is 86.9 Å². The van der Waals surface area contributed by atoms with Gasteiger partial charge in [0.2, 0.25) is 0 Å². The van der Waals surface area contributed by atoms with Crippen LogP contribution in [-0.2, 0) is 11.0 Å². The molecule has 0 radical (unpaired) electrons. The molecule has 0 aliphatic heterocycles. The largest absolute Gasteiger partial charge is 0.481 e. The number of carbonyl (C=O) groups is 2. The van der Waals surface area contributed by atoms with Gasteiger partial charge in [0.15, 0.2) is 0 Å². The lowest BCUT2D eigenvalue weighted by molar-refractivity contribution is -0.138. The molecule has 4 rings (SSSR count). The SMILES string of the molecule is CN(CCC(=O)O)C(=O)c1ccc(NC(c2cn3cc(C(F)(F)F)ccc3n2)C2CCCCC2)cc1. The summed E-state index contributed by atoms with van der Waals surface area (Å²) >= 11 is 0. The molecule has 1 amide bonds. The van der Waals surface area contributed by atoms with Gasteiger partial charge in [0, 0.05) is 37.2 Å². The lowest BCUT2D eigenvalue weighted by atomic mass is 9.82. The number of benzene rings is 1. The quantitative estimate of drug-likeness (QED) is 0.417. The molecule has 0 bridgehead atoms. The number of carboxylic acids is 1. The fourth-order valence-corrected chi connectivity index (χ4v) is 4.70. The molecular weight excluding hydrogens is 473 g/mol. The smallest absolute Gasteiger partial charge is 0.417 e. The molecule has 2 heterocycles. The number of aromatic nitrogens is 2. The second-order valence-corrected chi connectivity index (χ2v) is 9.31. The van der Waals surface area contributed by atoms with Gasteiger partial charge in [-0.15, -0.1) is 0 Å². The van der Waals surface area contributed by atoms with E-state index >= 15 is 0 Å². The number of halogens is 3. The predicted molar refractivity (Wildman–Crippen MR) is 129 cm³/mol. The number of fused-ring (bicyclic) bond motifs is 1. The highest BCUT2D eigenvalue weighted by atomic mass is 19.4. The highest BCUT2D eigenvalue weighted by Crippen LogP contribution is 2.37. The van der Waals surface area contributed by atoms with Crippen molar-refractivity contribution in [3.05, 3.63) is 65.6 Å². The minimum Gasteiger partial charge on any atom is -0.481 e. The number of alkyl halides is 3. The van der Waals surface area contributed by atoms with Crippen LogP contribution in [0.5, 0.6) is 0 Å². The fraction of sp³-hybridized carbons (Fsp3) is 0.423. The Morgan fingerprint density at radius 1 is 1.11 bits per heavy atom. The molecule has 3 aromatic rings. The van der Waals surface area contributed by atoms with Crippen LogP contribution in [0.15, 0.2) is 48.8 Å². The number of aliphatic carboxylic acids is 1. The van der Waals surface area contributed by atoms with Gasteiger partial charge >= 0.3 is 12.1 Å². The lowest BCUT2D eigenvalue weighted by Crippen LogP contribution is -2.29. The minimum atomic E-state index is -4.43. The molecule has 1 aliphatic carbocycles. The van der Waals surface area contributed by atoms with Gasteiger partial charge in [-0.2, -0.15) is 13.2 Å². The second-order valence-electron chi connectivity index (χ2n) is 9.31. The number of nitrogens with zero attached hydrogens (tertiary/aromatic N) is 3. The fourth-order valence-electron chi connectivity index (χ4n) is 4.70. The van der Waals surface area contributed by atoms with Crippen molar-refractivity contribution in [2.75, 3.05) is 18.9 Å². The van der Waals surface area contributed by atoms with Crippen molar-refractivity contribution in [2.45, 2.75) is 50.7 Å². The maximum atomic E-state index is 13.2. The van der Waals surface area contributed by atoms with Crippen molar-refractivity contribution in [1.82, 2.24) is 14.3 Å². The Kier molecular flexibility index (Phi) is 7.51. The summed E-state index contributed by atoms with van der Waals surface area (Å²) in [6.45, 7) is 0.113. The first-order valence-corrected chi connectivity index (χ1v) is 12.0. The number of pyridine rings is 1. The van der Waals surface area contributed by atoms with E-state index in [1.165, 1.54) is 15.4 Å². The zero-order chi connectivity index (χ0) is 25.9. The lowest BCUT2D eigenvalue weighted by Gasteiger charge is -2.30. The number of carboxylic acid groups (broad SMARTS) is 1. The van der Waals surface area contributed by atoms with E-state index in [4.69, 9.17) is 5.11 Å². The van der Waals surface area contributed by atoms with Crippen LogP contribution in [0.25, 0.3) is 5.65 Å². The van der Waals surface area contributed by atoms with Crippen molar-refractivity contribution in [3.8, 4) is 0 Å². The molecule has 2 aromatic heterocycles. The van der Waals surface area contributed by atoms with Crippen LogP contribution in [0, 0.1) is 5.92 Å². The average molecular weight is 503 g/mol. The molecule has 1 aromatic carbocycles. The van der Waals surface area contributed by atoms with Gasteiger partial charge in [0.1, 0.15) is 5.65 Å². The molecule has 1 saturated carbocycles. The van der Waals surface area contributed by atoms with Crippen molar-refractivity contribution in [1.29, 1.82) is 0 Å². The third kappa shape index (κ3) is 5.98. The van der Waals surface area contributed by atoms with E-state index in [-0.39, 0.29) is 30.8 Å². The van der Waals surface area contributed by atoms with Crippen LogP contribution < -0.4 is 5.32 Å². The van der Waals surface area contributed by atoms with Crippen molar-refractivity contribution < 1.29 is 27.9 Å². The highest BCUT2D eigenvalue weighted by Gasteiger charge is 2.32.